The van der Waals surface area contributed by atoms with E-state index in [1.807, 2.05) is 12.1 Å². The Balaban J connectivity index is 1.63. The van der Waals surface area contributed by atoms with Crippen molar-refractivity contribution in [2.45, 2.75) is 6.04 Å². The summed E-state index contributed by atoms with van der Waals surface area (Å²) in [6.07, 6.45) is 7.98. The number of nitrogens with zero attached hydrogens (tertiary/aromatic N) is 4. The molecule has 0 aliphatic heterocycles. The number of urea groups is 1. The number of H-pyrrole nitrogens is 1. The number of aliphatic hydroxyl groups is 1. The highest BCUT2D eigenvalue weighted by molar-refractivity contribution is 5.89. The molecule has 2 amide bonds. The molecule has 0 aliphatic rings. The third kappa shape index (κ3) is 3.52. The molecule has 9 heteroatoms. The first kappa shape index (κ1) is 14.7. The van der Waals surface area contributed by atoms with Gasteiger partial charge in [0.2, 0.25) is 0 Å². The summed E-state index contributed by atoms with van der Waals surface area (Å²) >= 11 is 0. The van der Waals surface area contributed by atoms with Crippen LogP contribution in [0.5, 0.6) is 0 Å². The molecule has 0 radical (unpaired) electrons. The number of aromatic amines is 1. The lowest BCUT2D eigenvalue weighted by atomic mass is 10.3. The average Bonchev–Trinajstić information content (AvgIpc) is 3.25. The lowest BCUT2D eigenvalue weighted by molar-refractivity contribution is 0.222. The molecule has 4 N–H and O–H groups in total. The van der Waals surface area contributed by atoms with Gasteiger partial charge in [0.05, 0.1) is 24.7 Å². The number of hydrogen-bond donors (Lipinski definition) is 4. The quantitative estimate of drug-likeness (QED) is 0.556. The summed E-state index contributed by atoms with van der Waals surface area (Å²) in [5, 5.41) is 18.7. The molecule has 118 valence electrons. The molecular weight excluding hydrogens is 298 g/mol. The average molecular weight is 313 g/mol. The van der Waals surface area contributed by atoms with E-state index in [1.165, 1.54) is 6.20 Å². The lowest BCUT2D eigenvalue weighted by Crippen LogP contribution is -2.34. The highest BCUT2D eigenvalue weighted by Crippen LogP contribution is 2.10. The van der Waals surface area contributed by atoms with E-state index in [0.29, 0.717) is 17.3 Å². The molecule has 0 aliphatic carbocycles. The number of carbonyl (C=O) groups is 1. The van der Waals surface area contributed by atoms with Crippen molar-refractivity contribution in [3.8, 4) is 5.82 Å². The first-order valence-electron chi connectivity index (χ1n) is 6.90. The smallest absolute Gasteiger partial charge is 0.320 e. The van der Waals surface area contributed by atoms with Crippen LogP contribution in [0.15, 0.2) is 49.2 Å². The van der Waals surface area contributed by atoms with E-state index in [1.54, 1.807) is 35.5 Å². The van der Waals surface area contributed by atoms with Crippen LogP contribution in [0.3, 0.4) is 0 Å². The molecule has 9 nitrogen and oxygen atoms in total. The zero-order valence-corrected chi connectivity index (χ0v) is 12.0. The maximum absolute atomic E-state index is 12.0. The van der Waals surface area contributed by atoms with Crippen molar-refractivity contribution >= 4 is 11.7 Å². The monoisotopic (exact) mass is 313 g/mol. The van der Waals surface area contributed by atoms with Gasteiger partial charge in [-0.05, 0) is 12.1 Å². The van der Waals surface area contributed by atoms with Gasteiger partial charge in [0.15, 0.2) is 5.82 Å². The zero-order chi connectivity index (χ0) is 16.1. The second-order valence-electron chi connectivity index (χ2n) is 4.67. The van der Waals surface area contributed by atoms with E-state index in [4.69, 9.17) is 0 Å². The van der Waals surface area contributed by atoms with Crippen molar-refractivity contribution < 1.29 is 9.90 Å². The molecule has 0 aromatic carbocycles. The van der Waals surface area contributed by atoms with Crippen LogP contribution in [0.1, 0.15) is 11.9 Å². The van der Waals surface area contributed by atoms with Crippen LogP contribution in [0.25, 0.3) is 5.82 Å². The van der Waals surface area contributed by atoms with Crippen molar-refractivity contribution in [1.29, 1.82) is 0 Å². The molecule has 0 spiro atoms. The molecule has 1 unspecified atom stereocenters. The van der Waals surface area contributed by atoms with Gasteiger partial charge >= 0.3 is 6.03 Å². The molecule has 0 fully saturated rings. The Kier molecular flexibility index (Phi) is 4.29. The highest BCUT2D eigenvalue weighted by Gasteiger charge is 2.16. The van der Waals surface area contributed by atoms with Gasteiger partial charge in [0.1, 0.15) is 11.9 Å². The van der Waals surface area contributed by atoms with Crippen LogP contribution in [0, 0.1) is 0 Å². The Labute approximate surface area is 131 Å². The second kappa shape index (κ2) is 6.71. The molecule has 3 heterocycles. The van der Waals surface area contributed by atoms with E-state index >= 15 is 0 Å². The largest absolute Gasteiger partial charge is 0.394 e. The first-order chi connectivity index (χ1) is 11.3. The van der Waals surface area contributed by atoms with Gasteiger partial charge in [-0.3, -0.25) is 0 Å². The number of imidazole rings is 1. The van der Waals surface area contributed by atoms with Gasteiger partial charge in [0, 0.05) is 18.6 Å². The zero-order valence-electron chi connectivity index (χ0n) is 12.0. The third-order valence-corrected chi connectivity index (χ3v) is 3.06. The normalized spacial score (nSPS) is 11.9. The Morgan fingerprint density at radius 2 is 2.26 bits per heavy atom. The maximum atomic E-state index is 12.0. The van der Waals surface area contributed by atoms with E-state index in [-0.39, 0.29) is 6.61 Å². The van der Waals surface area contributed by atoms with Gasteiger partial charge in [-0.25, -0.2) is 19.4 Å². The van der Waals surface area contributed by atoms with Crippen molar-refractivity contribution in [3.63, 3.8) is 0 Å². The third-order valence-electron chi connectivity index (χ3n) is 3.06. The number of carbonyl (C=O) groups excluding carboxylic acids is 1. The Bertz CT molecular complexity index is 755. The summed E-state index contributed by atoms with van der Waals surface area (Å²) in [6, 6.07) is 4.37. The molecule has 0 saturated carbocycles. The number of nitrogens with one attached hydrogen (secondary N) is 3. The van der Waals surface area contributed by atoms with E-state index in [2.05, 4.69) is 30.7 Å². The first-order valence-corrected chi connectivity index (χ1v) is 6.90. The van der Waals surface area contributed by atoms with E-state index in [9.17, 15) is 9.90 Å². The summed E-state index contributed by atoms with van der Waals surface area (Å²) in [6.45, 7) is -0.270. The minimum atomic E-state index is -0.615. The number of rotatable bonds is 5. The summed E-state index contributed by atoms with van der Waals surface area (Å²) in [5.74, 6) is 1.12. The number of aromatic nitrogens is 5. The van der Waals surface area contributed by atoms with Crippen LogP contribution in [0.4, 0.5) is 10.5 Å². The number of aliphatic hydroxyl groups excluding tert-OH is 1. The number of anilines is 1. The number of hydrogen-bond acceptors (Lipinski definition) is 5. The minimum Gasteiger partial charge on any atom is -0.394 e. The van der Waals surface area contributed by atoms with Crippen LogP contribution in [-0.4, -0.2) is 42.5 Å². The molecule has 3 aromatic rings. The standard InChI is InChI=1S/C14H15N7O2/c22-9-11(13-16-5-6-17-13)20-14(23)19-10-7-18-21(8-10)12-3-1-2-4-15-12/h1-8,11,22H,9H2,(H,16,17)(H2,19,20,23). The van der Waals surface area contributed by atoms with Crippen LogP contribution in [-0.2, 0) is 0 Å². The molecular formula is C14H15N7O2. The number of pyridine rings is 1. The molecule has 1 atom stereocenters. The van der Waals surface area contributed by atoms with E-state index < -0.39 is 12.1 Å². The SMILES string of the molecule is O=C(Nc1cnn(-c2ccccn2)c1)NC(CO)c1ncc[nH]1. The Morgan fingerprint density at radius 3 is 2.96 bits per heavy atom. The minimum absolute atomic E-state index is 0.270. The molecule has 3 rings (SSSR count). The highest BCUT2D eigenvalue weighted by atomic mass is 16.3. The summed E-state index contributed by atoms with van der Waals surface area (Å²) in [5.41, 5.74) is 0.504. The predicted molar refractivity (Wildman–Crippen MR) is 81.9 cm³/mol. The van der Waals surface area contributed by atoms with Gasteiger partial charge in [-0.1, -0.05) is 6.07 Å². The van der Waals surface area contributed by atoms with Crippen LogP contribution >= 0.6 is 0 Å². The van der Waals surface area contributed by atoms with Gasteiger partial charge in [-0.15, -0.1) is 0 Å². The van der Waals surface area contributed by atoms with Gasteiger partial charge in [0.25, 0.3) is 0 Å². The Morgan fingerprint density at radius 1 is 1.35 bits per heavy atom. The topological polar surface area (TPSA) is 121 Å². The fourth-order valence-corrected chi connectivity index (χ4v) is 2.00. The molecule has 0 saturated heterocycles. The predicted octanol–water partition coefficient (Wildman–Crippen LogP) is 0.845. The summed E-state index contributed by atoms with van der Waals surface area (Å²) in [4.78, 5) is 23.0. The summed E-state index contributed by atoms with van der Waals surface area (Å²) < 4.78 is 1.55. The lowest BCUT2D eigenvalue weighted by Gasteiger charge is -2.13. The second-order valence-corrected chi connectivity index (χ2v) is 4.67. The maximum Gasteiger partial charge on any atom is 0.320 e. The van der Waals surface area contributed by atoms with Crippen LogP contribution < -0.4 is 10.6 Å². The van der Waals surface area contributed by atoms with Crippen molar-refractivity contribution in [2.75, 3.05) is 11.9 Å². The fraction of sp³-hybridized carbons (Fsp3) is 0.143. The summed E-state index contributed by atoms with van der Waals surface area (Å²) in [7, 11) is 0. The van der Waals surface area contributed by atoms with E-state index in [0.717, 1.165) is 0 Å². The number of amides is 2. The molecule has 0 bridgehead atoms. The molecule has 23 heavy (non-hydrogen) atoms. The van der Waals surface area contributed by atoms with Crippen LogP contribution in [0.2, 0.25) is 0 Å². The van der Waals surface area contributed by atoms with Gasteiger partial charge < -0.3 is 20.7 Å². The Hall–Kier alpha value is -3.20. The van der Waals surface area contributed by atoms with Crippen molar-refractivity contribution in [1.82, 2.24) is 30.0 Å². The van der Waals surface area contributed by atoms with Gasteiger partial charge in [-0.2, -0.15) is 5.10 Å². The molecule has 3 aromatic heterocycles. The van der Waals surface area contributed by atoms with Crippen molar-refractivity contribution in [2.24, 2.45) is 0 Å². The fourth-order valence-electron chi connectivity index (χ4n) is 2.00. The van der Waals surface area contributed by atoms with Crippen molar-refractivity contribution in [3.05, 3.63) is 55.0 Å².